The number of ether oxygens (including phenoxy) is 1. The molecule has 0 bridgehead atoms. The topological polar surface area (TPSA) is 93.5 Å². The summed E-state index contributed by atoms with van der Waals surface area (Å²) in [5.74, 6) is -0.337. The third kappa shape index (κ3) is 5.27. The Labute approximate surface area is 157 Å². The van der Waals surface area contributed by atoms with Crippen LogP contribution in [0.15, 0.2) is 48.5 Å². The van der Waals surface area contributed by atoms with Gasteiger partial charge in [-0.15, -0.1) is 0 Å². The predicted octanol–water partition coefficient (Wildman–Crippen LogP) is 3.16. The number of carbonyl (C=O) groups excluding carboxylic acids is 1. The molecule has 0 unspecified atom stereocenters. The molecule has 1 aliphatic rings. The molecule has 0 radical (unpaired) electrons. The highest BCUT2D eigenvalue weighted by Crippen LogP contribution is 2.22. The van der Waals surface area contributed by atoms with Gasteiger partial charge in [-0.1, -0.05) is 30.3 Å². The van der Waals surface area contributed by atoms with E-state index in [-0.39, 0.29) is 23.3 Å². The summed E-state index contributed by atoms with van der Waals surface area (Å²) in [5, 5.41) is 17.1. The van der Waals surface area contributed by atoms with Gasteiger partial charge >= 0.3 is 0 Å². The van der Waals surface area contributed by atoms with Crippen molar-refractivity contribution in [3.63, 3.8) is 0 Å². The molecule has 142 valence electrons. The number of carbonyl (C=O) groups is 1. The summed E-state index contributed by atoms with van der Waals surface area (Å²) in [7, 11) is 0. The van der Waals surface area contributed by atoms with E-state index in [4.69, 9.17) is 4.74 Å². The van der Waals surface area contributed by atoms with Gasteiger partial charge in [0, 0.05) is 37.5 Å². The quantitative estimate of drug-likeness (QED) is 0.551. The van der Waals surface area contributed by atoms with Crippen molar-refractivity contribution in [2.75, 3.05) is 25.0 Å². The molecule has 2 aromatic rings. The van der Waals surface area contributed by atoms with Gasteiger partial charge in [-0.05, 0) is 30.9 Å². The fraction of sp³-hybridized carbons (Fsp3) is 0.350. The standard InChI is InChI=1S/C20H23N3O4/c24-20(22-14-17-7-4-12-27-17)18-13-16(23(25)26)8-9-19(18)21-11-10-15-5-2-1-3-6-15/h1-3,5-6,8-9,13,17,21H,4,7,10-12,14H2,(H,22,24)/t17-/m1/s1. The minimum Gasteiger partial charge on any atom is -0.384 e. The van der Waals surface area contributed by atoms with Gasteiger partial charge in [0.15, 0.2) is 0 Å². The van der Waals surface area contributed by atoms with E-state index in [0.29, 0.717) is 25.4 Å². The monoisotopic (exact) mass is 369 g/mol. The lowest BCUT2D eigenvalue weighted by atomic mass is 10.1. The van der Waals surface area contributed by atoms with Crippen molar-refractivity contribution < 1.29 is 14.5 Å². The molecule has 2 aromatic carbocycles. The molecule has 3 rings (SSSR count). The van der Waals surface area contributed by atoms with Crippen molar-refractivity contribution in [3.8, 4) is 0 Å². The second kappa shape index (κ2) is 9.14. The Morgan fingerprint density at radius 1 is 1.22 bits per heavy atom. The van der Waals surface area contributed by atoms with Gasteiger partial charge in [0.05, 0.1) is 16.6 Å². The average molecular weight is 369 g/mol. The molecule has 27 heavy (non-hydrogen) atoms. The fourth-order valence-electron chi connectivity index (χ4n) is 3.08. The van der Waals surface area contributed by atoms with Crippen LogP contribution in [0.25, 0.3) is 0 Å². The van der Waals surface area contributed by atoms with Crippen molar-refractivity contribution >= 4 is 17.3 Å². The third-order valence-corrected chi connectivity index (χ3v) is 4.54. The summed E-state index contributed by atoms with van der Waals surface area (Å²) in [6.45, 7) is 1.74. The molecule has 1 saturated heterocycles. The first-order valence-corrected chi connectivity index (χ1v) is 9.09. The van der Waals surface area contributed by atoms with E-state index in [1.54, 1.807) is 6.07 Å². The lowest BCUT2D eigenvalue weighted by Crippen LogP contribution is -2.32. The van der Waals surface area contributed by atoms with Crippen LogP contribution in [0.3, 0.4) is 0 Å². The number of hydrogen-bond donors (Lipinski definition) is 2. The molecule has 1 amide bonds. The zero-order valence-electron chi connectivity index (χ0n) is 15.0. The van der Waals surface area contributed by atoms with Crippen molar-refractivity contribution in [2.45, 2.75) is 25.4 Å². The predicted molar refractivity (Wildman–Crippen MR) is 103 cm³/mol. The van der Waals surface area contributed by atoms with Crippen LogP contribution in [0.2, 0.25) is 0 Å². The maximum atomic E-state index is 12.6. The van der Waals surface area contributed by atoms with Crippen LogP contribution in [-0.4, -0.2) is 36.6 Å². The SMILES string of the molecule is O=C(NC[C@H]1CCCO1)c1cc([N+](=O)[O-])ccc1NCCc1ccccc1. The zero-order valence-corrected chi connectivity index (χ0v) is 15.0. The van der Waals surface area contributed by atoms with Crippen LogP contribution in [-0.2, 0) is 11.2 Å². The van der Waals surface area contributed by atoms with Gasteiger partial charge in [0.25, 0.3) is 11.6 Å². The zero-order chi connectivity index (χ0) is 19.1. The molecule has 0 aromatic heterocycles. The first-order valence-electron chi connectivity index (χ1n) is 9.09. The second-order valence-corrected chi connectivity index (χ2v) is 6.49. The van der Waals surface area contributed by atoms with E-state index >= 15 is 0 Å². The molecule has 2 N–H and O–H groups in total. The maximum absolute atomic E-state index is 12.6. The normalized spacial score (nSPS) is 16.1. The molecule has 7 heteroatoms. The number of hydrogen-bond acceptors (Lipinski definition) is 5. The largest absolute Gasteiger partial charge is 0.384 e. The molecule has 1 atom stereocenters. The first kappa shape index (κ1) is 18.8. The van der Waals surface area contributed by atoms with Crippen molar-refractivity contribution in [2.24, 2.45) is 0 Å². The lowest BCUT2D eigenvalue weighted by Gasteiger charge is -2.14. The highest BCUT2D eigenvalue weighted by Gasteiger charge is 2.20. The molecule has 1 fully saturated rings. The van der Waals surface area contributed by atoms with Gasteiger partial charge in [0.2, 0.25) is 0 Å². The maximum Gasteiger partial charge on any atom is 0.270 e. The van der Waals surface area contributed by atoms with Gasteiger partial charge in [-0.3, -0.25) is 14.9 Å². The number of nitro groups is 1. The highest BCUT2D eigenvalue weighted by molar-refractivity contribution is 6.00. The number of rotatable bonds is 8. The smallest absolute Gasteiger partial charge is 0.270 e. The molecule has 0 spiro atoms. The lowest BCUT2D eigenvalue weighted by molar-refractivity contribution is -0.384. The molecule has 1 aliphatic heterocycles. The third-order valence-electron chi connectivity index (χ3n) is 4.54. The fourth-order valence-corrected chi connectivity index (χ4v) is 3.08. The van der Waals surface area contributed by atoms with Crippen LogP contribution in [0.5, 0.6) is 0 Å². The average Bonchev–Trinajstić information content (AvgIpc) is 3.20. The van der Waals surface area contributed by atoms with E-state index in [1.807, 2.05) is 30.3 Å². The number of amides is 1. The van der Waals surface area contributed by atoms with Crippen LogP contribution >= 0.6 is 0 Å². The summed E-state index contributed by atoms with van der Waals surface area (Å²) in [4.78, 5) is 23.2. The number of nitrogens with zero attached hydrogens (tertiary/aromatic N) is 1. The molecule has 1 heterocycles. The summed E-state index contributed by atoms with van der Waals surface area (Å²) in [6, 6.07) is 14.3. The Morgan fingerprint density at radius 2 is 2.04 bits per heavy atom. The van der Waals surface area contributed by atoms with Crippen LogP contribution < -0.4 is 10.6 Å². The van der Waals surface area contributed by atoms with E-state index in [1.165, 1.54) is 17.7 Å². The van der Waals surface area contributed by atoms with Crippen LogP contribution in [0.4, 0.5) is 11.4 Å². The number of nitrogens with one attached hydrogen (secondary N) is 2. The summed E-state index contributed by atoms with van der Waals surface area (Å²) in [5.41, 5.74) is 1.93. The van der Waals surface area contributed by atoms with Crippen molar-refractivity contribution in [3.05, 3.63) is 69.8 Å². The van der Waals surface area contributed by atoms with Gasteiger partial charge < -0.3 is 15.4 Å². The molecule has 0 aliphatic carbocycles. The van der Waals surface area contributed by atoms with Gasteiger partial charge in [0.1, 0.15) is 0 Å². The molecule has 0 saturated carbocycles. The second-order valence-electron chi connectivity index (χ2n) is 6.49. The minimum atomic E-state index is -0.495. The Balaban J connectivity index is 1.67. The first-order chi connectivity index (χ1) is 13.1. The Bertz CT molecular complexity index is 789. The van der Waals surface area contributed by atoms with Gasteiger partial charge in [-0.2, -0.15) is 0 Å². The summed E-state index contributed by atoms with van der Waals surface area (Å²) >= 11 is 0. The van der Waals surface area contributed by atoms with Crippen LogP contribution in [0, 0.1) is 10.1 Å². The van der Waals surface area contributed by atoms with E-state index in [2.05, 4.69) is 10.6 Å². The van der Waals surface area contributed by atoms with Crippen molar-refractivity contribution in [1.29, 1.82) is 0 Å². The Hall–Kier alpha value is -2.93. The number of benzene rings is 2. The molecule has 7 nitrogen and oxygen atoms in total. The Kier molecular flexibility index (Phi) is 6.38. The molecular formula is C20H23N3O4. The summed E-state index contributed by atoms with van der Waals surface area (Å²) in [6.07, 6.45) is 2.71. The number of non-ortho nitro benzene ring substituents is 1. The summed E-state index contributed by atoms with van der Waals surface area (Å²) < 4.78 is 5.51. The van der Waals surface area contributed by atoms with Crippen LogP contribution in [0.1, 0.15) is 28.8 Å². The van der Waals surface area contributed by atoms with E-state index in [9.17, 15) is 14.9 Å². The Morgan fingerprint density at radius 3 is 2.74 bits per heavy atom. The number of anilines is 1. The minimum absolute atomic E-state index is 0.0159. The van der Waals surface area contributed by atoms with E-state index in [0.717, 1.165) is 19.3 Å². The van der Waals surface area contributed by atoms with Gasteiger partial charge in [-0.25, -0.2) is 0 Å². The van der Waals surface area contributed by atoms with Crippen molar-refractivity contribution in [1.82, 2.24) is 5.32 Å². The highest BCUT2D eigenvalue weighted by atomic mass is 16.6. The number of nitro benzene ring substituents is 1. The molecular weight excluding hydrogens is 346 g/mol. The van der Waals surface area contributed by atoms with E-state index < -0.39 is 4.92 Å².